The summed E-state index contributed by atoms with van der Waals surface area (Å²) in [5.41, 5.74) is 3.91. The minimum absolute atomic E-state index is 0.00579. The van der Waals surface area contributed by atoms with E-state index in [1.54, 1.807) is 12.1 Å². The fourth-order valence-corrected chi connectivity index (χ4v) is 3.08. The van der Waals surface area contributed by atoms with Gasteiger partial charge in [0.05, 0.1) is 19.2 Å². The van der Waals surface area contributed by atoms with Crippen molar-refractivity contribution in [2.75, 3.05) is 25.1 Å². The number of methoxy groups -OCH3 is 1. The van der Waals surface area contributed by atoms with E-state index in [1.165, 1.54) is 12.7 Å². The Hall–Kier alpha value is -2.82. The highest BCUT2D eigenvalue weighted by Gasteiger charge is 2.18. The minimum Gasteiger partial charge on any atom is -0.465 e. The van der Waals surface area contributed by atoms with E-state index in [0.717, 1.165) is 30.6 Å². The van der Waals surface area contributed by atoms with Gasteiger partial charge >= 0.3 is 5.97 Å². The zero-order valence-electron chi connectivity index (χ0n) is 14.3. The Morgan fingerprint density at radius 2 is 1.88 bits per heavy atom. The molecule has 0 unspecified atom stereocenters. The molecule has 0 aromatic heterocycles. The van der Waals surface area contributed by atoms with Gasteiger partial charge in [-0.3, -0.25) is 4.79 Å². The summed E-state index contributed by atoms with van der Waals surface area (Å²) < 4.78 is 4.67. The first-order valence-corrected chi connectivity index (χ1v) is 8.44. The maximum atomic E-state index is 12.3. The van der Waals surface area contributed by atoms with Crippen LogP contribution in [0.25, 0.3) is 0 Å². The van der Waals surface area contributed by atoms with Crippen LogP contribution in [-0.4, -0.2) is 32.1 Å². The second-order valence-electron chi connectivity index (χ2n) is 6.12. The van der Waals surface area contributed by atoms with Crippen LogP contribution in [0, 0.1) is 0 Å². The molecular formula is C20H22N2O3. The van der Waals surface area contributed by atoms with Crippen molar-refractivity contribution >= 4 is 17.6 Å². The van der Waals surface area contributed by atoms with Gasteiger partial charge in [0.2, 0.25) is 5.91 Å². The standard InChI is InChI=1S/C20H22N2O3/c1-25-20(24)17-10-8-15(9-11-17)13-21-19(23)14-22-12-4-6-16-5-2-3-7-18(16)22/h2-3,5,7-11H,4,6,12-14H2,1H3,(H,21,23). The van der Waals surface area contributed by atoms with Crippen molar-refractivity contribution in [3.63, 3.8) is 0 Å². The number of carbonyl (C=O) groups is 2. The molecule has 1 amide bonds. The predicted molar refractivity (Wildman–Crippen MR) is 96.6 cm³/mol. The first-order chi connectivity index (χ1) is 12.2. The number of aryl methyl sites for hydroxylation is 1. The summed E-state index contributed by atoms with van der Waals surface area (Å²) in [6.07, 6.45) is 2.14. The second-order valence-corrected chi connectivity index (χ2v) is 6.12. The number of nitrogens with zero attached hydrogens (tertiary/aromatic N) is 1. The van der Waals surface area contributed by atoms with Gasteiger partial charge in [0.1, 0.15) is 0 Å². The Kier molecular flexibility index (Phi) is 5.33. The summed E-state index contributed by atoms with van der Waals surface area (Å²) >= 11 is 0. The van der Waals surface area contributed by atoms with Gasteiger partial charge < -0.3 is 15.0 Å². The normalized spacial score (nSPS) is 13.1. The molecule has 1 N–H and O–H groups in total. The van der Waals surface area contributed by atoms with Gasteiger partial charge in [0.25, 0.3) is 0 Å². The van der Waals surface area contributed by atoms with Crippen LogP contribution in [0.2, 0.25) is 0 Å². The lowest BCUT2D eigenvalue weighted by Crippen LogP contribution is -2.39. The van der Waals surface area contributed by atoms with Crippen molar-refractivity contribution in [1.29, 1.82) is 0 Å². The zero-order valence-corrected chi connectivity index (χ0v) is 14.3. The molecule has 0 spiro atoms. The number of para-hydroxylation sites is 1. The van der Waals surface area contributed by atoms with Gasteiger partial charge in [-0.2, -0.15) is 0 Å². The van der Waals surface area contributed by atoms with Crippen molar-refractivity contribution in [3.05, 3.63) is 65.2 Å². The van der Waals surface area contributed by atoms with Crippen molar-refractivity contribution in [3.8, 4) is 0 Å². The predicted octanol–water partition coefficient (Wildman–Crippen LogP) is 2.54. The first-order valence-electron chi connectivity index (χ1n) is 8.44. The van der Waals surface area contributed by atoms with Crippen LogP contribution in [0.15, 0.2) is 48.5 Å². The summed E-state index contributed by atoms with van der Waals surface area (Å²) in [6, 6.07) is 15.3. The monoisotopic (exact) mass is 338 g/mol. The van der Waals surface area contributed by atoms with Gasteiger partial charge in [-0.05, 0) is 42.2 Å². The molecule has 1 aliphatic heterocycles. The molecule has 130 valence electrons. The smallest absolute Gasteiger partial charge is 0.337 e. The Balaban J connectivity index is 1.54. The molecule has 0 radical (unpaired) electrons. The average Bonchev–Trinajstić information content (AvgIpc) is 2.66. The highest BCUT2D eigenvalue weighted by Crippen LogP contribution is 2.26. The first kappa shape index (κ1) is 17.0. The molecule has 5 nitrogen and oxygen atoms in total. The lowest BCUT2D eigenvalue weighted by Gasteiger charge is -2.30. The van der Waals surface area contributed by atoms with E-state index in [9.17, 15) is 9.59 Å². The summed E-state index contributed by atoms with van der Waals surface area (Å²) in [7, 11) is 1.36. The number of fused-ring (bicyclic) bond motifs is 1. The van der Waals surface area contributed by atoms with Crippen LogP contribution in [0.1, 0.15) is 27.9 Å². The van der Waals surface area contributed by atoms with Gasteiger partial charge in [-0.15, -0.1) is 0 Å². The lowest BCUT2D eigenvalue weighted by atomic mass is 10.0. The van der Waals surface area contributed by atoms with Crippen LogP contribution in [0.5, 0.6) is 0 Å². The molecule has 1 heterocycles. The highest BCUT2D eigenvalue weighted by atomic mass is 16.5. The quantitative estimate of drug-likeness (QED) is 0.851. The minimum atomic E-state index is -0.362. The molecule has 0 atom stereocenters. The summed E-state index contributed by atoms with van der Waals surface area (Å²) in [4.78, 5) is 25.8. The largest absolute Gasteiger partial charge is 0.465 e. The van der Waals surface area contributed by atoms with Crippen LogP contribution in [0.3, 0.4) is 0 Å². The van der Waals surface area contributed by atoms with Crippen LogP contribution < -0.4 is 10.2 Å². The number of anilines is 1. The van der Waals surface area contributed by atoms with Crippen LogP contribution in [0.4, 0.5) is 5.69 Å². The highest BCUT2D eigenvalue weighted by molar-refractivity contribution is 5.89. The summed E-state index contributed by atoms with van der Waals surface area (Å²) in [6.45, 7) is 1.70. The average molecular weight is 338 g/mol. The molecular weight excluding hydrogens is 316 g/mol. The van der Waals surface area contributed by atoms with Gasteiger partial charge in [0, 0.05) is 18.8 Å². The maximum Gasteiger partial charge on any atom is 0.337 e. The zero-order chi connectivity index (χ0) is 17.6. The molecule has 1 aliphatic rings. The van der Waals surface area contributed by atoms with Crippen molar-refractivity contribution in [2.24, 2.45) is 0 Å². The fraction of sp³-hybridized carbons (Fsp3) is 0.300. The number of benzene rings is 2. The summed E-state index contributed by atoms with van der Waals surface area (Å²) in [5, 5.41) is 2.94. The number of hydrogen-bond donors (Lipinski definition) is 1. The van der Waals surface area contributed by atoms with Crippen molar-refractivity contribution in [2.45, 2.75) is 19.4 Å². The number of carbonyl (C=O) groups excluding carboxylic acids is 2. The fourth-order valence-electron chi connectivity index (χ4n) is 3.08. The third-order valence-electron chi connectivity index (χ3n) is 4.41. The van der Waals surface area contributed by atoms with Crippen LogP contribution in [-0.2, 0) is 22.5 Å². The molecule has 0 bridgehead atoms. The SMILES string of the molecule is COC(=O)c1ccc(CNC(=O)CN2CCCc3ccccc32)cc1. The van der Waals surface area contributed by atoms with Gasteiger partial charge in [-0.25, -0.2) is 4.79 Å². The molecule has 5 heteroatoms. The Bertz CT molecular complexity index is 756. The molecule has 0 fully saturated rings. The number of nitrogens with one attached hydrogen (secondary N) is 1. The van der Waals surface area contributed by atoms with E-state index < -0.39 is 0 Å². The Labute approximate surface area is 147 Å². The molecule has 25 heavy (non-hydrogen) atoms. The van der Waals surface area contributed by atoms with Crippen molar-refractivity contribution in [1.82, 2.24) is 5.32 Å². The second kappa shape index (κ2) is 7.83. The topological polar surface area (TPSA) is 58.6 Å². The number of amides is 1. The van der Waals surface area contributed by atoms with Gasteiger partial charge in [-0.1, -0.05) is 30.3 Å². The van der Waals surface area contributed by atoms with E-state index in [0.29, 0.717) is 18.7 Å². The Morgan fingerprint density at radius 3 is 2.64 bits per heavy atom. The third kappa shape index (κ3) is 4.18. The number of hydrogen-bond acceptors (Lipinski definition) is 4. The van der Waals surface area contributed by atoms with E-state index in [4.69, 9.17) is 0 Å². The number of ether oxygens (including phenoxy) is 1. The van der Waals surface area contributed by atoms with E-state index >= 15 is 0 Å². The molecule has 0 aliphatic carbocycles. The Morgan fingerprint density at radius 1 is 1.12 bits per heavy atom. The molecule has 0 saturated heterocycles. The van der Waals surface area contributed by atoms with Crippen molar-refractivity contribution < 1.29 is 14.3 Å². The summed E-state index contributed by atoms with van der Waals surface area (Å²) in [5.74, 6) is -0.368. The van der Waals surface area contributed by atoms with E-state index in [2.05, 4.69) is 27.1 Å². The molecule has 2 aromatic rings. The van der Waals surface area contributed by atoms with Gasteiger partial charge in [0.15, 0.2) is 0 Å². The molecule has 0 saturated carbocycles. The van der Waals surface area contributed by atoms with E-state index in [1.807, 2.05) is 24.3 Å². The third-order valence-corrected chi connectivity index (χ3v) is 4.41. The van der Waals surface area contributed by atoms with E-state index in [-0.39, 0.29) is 11.9 Å². The number of esters is 1. The maximum absolute atomic E-state index is 12.3. The number of rotatable bonds is 5. The van der Waals surface area contributed by atoms with Crippen LogP contribution >= 0.6 is 0 Å². The lowest BCUT2D eigenvalue weighted by molar-refractivity contribution is -0.119. The molecule has 2 aromatic carbocycles. The molecule has 3 rings (SSSR count).